The summed E-state index contributed by atoms with van der Waals surface area (Å²) in [5.41, 5.74) is 1.43. The third-order valence-corrected chi connectivity index (χ3v) is 6.48. The molecule has 1 aliphatic rings. The topological polar surface area (TPSA) is 78.9 Å². The van der Waals surface area contributed by atoms with Crippen molar-refractivity contribution >= 4 is 15.9 Å². The van der Waals surface area contributed by atoms with Crippen molar-refractivity contribution in [3.63, 3.8) is 0 Å². The lowest BCUT2D eigenvalue weighted by Gasteiger charge is -2.40. The van der Waals surface area contributed by atoms with Crippen LogP contribution in [0.5, 0.6) is 0 Å². The van der Waals surface area contributed by atoms with Crippen molar-refractivity contribution in [2.45, 2.75) is 10.9 Å². The van der Waals surface area contributed by atoms with E-state index in [1.54, 1.807) is 12.1 Å². The summed E-state index contributed by atoms with van der Waals surface area (Å²) in [4.78, 5) is 17.4. The number of ether oxygens (including phenoxy) is 1. The number of carbonyl (C=O) groups is 1. The van der Waals surface area contributed by atoms with Gasteiger partial charge >= 0.3 is 0 Å². The summed E-state index contributed by atoms with van der Waals surface area (Å²) in [5.74, 6) is -0.166. The van der Waals surface area contributed by atoms with E-state index in [1.165, 1.54) is 19.2 Å². The SMILES string of the molecule is COCCNS(=O)(=O)c1cccc(C(=O)N2CCN(C)CC2c2ccccc2)c1. The first-order valence-corrected chi connectivity index (χ1v) is 11.0. The second-order valence-electron chi connectivity index (χ2n) is 7.11. The Morgan fingerprint density at radius 3 is 2.62 bits per heavy atom. The molecule has 7 nitrogen and oxygen atoms in total. The minimum absolute atomic E-state index is 0.0739. The average Bonchev–Trinajstić information content (AvgIpc) is 2.74. The van der Waals surface area contributed by atoms with Gasteiger partial charge in [0, 0.05) is 38.9 Å². The van der Waals surface area contributed by atoms with Gasteiger partial charge in [-0.3, -0.25) is 4.79 Å². The largest absolute Gasteiger partial charge is 0.383 e. The molecule has 1 atom stereocenters. The molecule has 1 saturated heterocycles. The molecule has 0 bridgehead atoms. The van der Waals surface area contributed by atoms with Crippen LogP contribution in [0.1, 0.15) is 22.0 Å². The number of benzene rings is 2. The first-order chi connectivity index (χ1) is 13.9. The molecule has 1 heterocycles. The van der Waals surface area contributed by atoms with E-state index in [1.807, 2.05) is 42.3 Å². The number of nitrogens with one attached hydrogen (secondary N) is 1. The van der Waals surface area contributed by atoms with Crippen LogP contribution in [0.15, 0.2) is 59.5 Å². The summed E-state index contributed by atoms with van der Waals surface area (Å²) in [6, 6.07) is 16.0. The molecule has 156 valence electrons. The number of carbonyl (C=O) groups excluding carboxylic acids is 1. The normalized spacial score (nSPS) is 18.0. The third kappa shape index (κ3) is 5.22. The predicted molar refractivity (Wildman–Crippen MR) is 111 cm³/mol. The molecule has 2 aromatic carbocycles. The van der Waals surface area contributed by atoms with Crippen LogP contribution in [0.25, 0.3) is 0 Å². The number of nitrogens with zero attached hydrogens (tertiary/aromatic N) is 2. The molecule has 0 aliphatic carbocycles. The second-order valence-corrected chi connectivity index (χ2v) is 8.87. The Morgan fingerprint density at radius 1 is 1.14 bits per heavy atom. The van der Waals surface area contributed by atoms with E-state index in [0.29, 0.717) is 12.1 Å². The Labute approximate surface area is 172 Å². The van der Waals surface area contributed by atoms with E-state index < -0.39 is 10.0 Å². The van der Waals surface area contributed by atoms with Crippen molar-refractivity contribution < 1.29 is 17.9 Å². The van der Waals surface area contributed by atoms with Crippen LogP contribution < -0.4 is 4.72 Å². The van der Waals surface area contributed by atoms with E-state index in [9.17, 15) is 13.2 Å². The Kier molecular flexibility index (Phi) is 7.02. The van der Waals surface area contributed by atoms with Crippen LogP contribution in [0.4, 0.5) is 0 Å². The molecule has 29 heavy (non-hydrogen) atoms. The molecule has 2 aromatic rings. The smallest absolute Gasteiger partial charge is 0.254 e. The quantitative estimate of drug-likeness (QED) is 0.695. The second kappa shape index (κ2) is 9.49. The van der Waals surface area contributed by atoms with Gasteiger partial charge in [-0.15, -0.1) is 0 Å². The minimum atomic E-state index is -3.70. The maximum absolute atomic E-state index is 13.3. The average molecular weight is 418 g/mol. The number of hydrogen-bond acceptors (Lipinski definition) is 5. The molecule has 1 unspecified atom stereocenters. The molecule has 1 fully saturated rings. The predicted octanol–water partition coefficient (Wildman–Crippen LogP) is 1.74. The summed E-state index contributed by atoms with van der Waals surface area (Å²) in [6.45, 7) is 2.53. The zero-order valence-electron chi connectivity index (χ0n) is 16.7. The molecule has 1 amide bonds. The fourth-order valence-corrected chi connectivity index (χ4v) is 4.51. The van der Waals surface area contributed by atoms with Gasteiger partial charge in [0.25, 0.3) is 5.91 Å². The van der Waals surface area contributed by atoms with Gasteiger partial charge in [-0.2, -0.15) is 0 Å². The van der Waals surface area contributed by atoms with Crippen LogP contribution in [-0.4, -0.2) is 71.1 Å². The zero-order chi connectivity index (χ0) is 20.9. The highest BCUT2D eigenvalue weighted by Gasteiger charge is 2.31. The van der Waals surface area contributed by atoms with Gasteiger partial charge < -0.3 is 14.5 Å². The van der Waals surface area contributed by atoms with E-state index in [0.717, 1.165) is 18.7 Å². The number of methoxy groups -OCH3 is 1. The fraction of sp³-hybridized carbons (Fsp3) is 0.381. The highest BCUT2D eigenvalue weighted by atomic mass is 32.2. The molecule has 0 spiro atoms. The Hall–Kier alpha value is -2.26. The lowest BCUT2D eigenvalue weighted by Crippen LogP contribution is -2.49. The van der Waals surface area contributed by atoms with Gasteiger partial charge in [0.05, 0.1) is 17.5 Å². The number of likely N-dealkylation sites (N-methyl/N-ethyl adjacent to an activating group) is 1. The van der Waals surface area contributed by atoms with E-state index in [-0.39, 0.29) is 30.0 Å². The molecular weight excluding hydrogens is 390 g/mol. The van der Waals surface area contributed by atoms with Crippen molar-refractivity contribution in [2.75, 3.05) is 46.9 Å². The first kappa shape index (κ1) is 21.4. The monoisotopic (exact) mass is 417 g/mol. The molecular formula is C21H27N3O4S. The molecule has 0 aromatic heterocycles. The molecule has 0 radical (unpaired) electrons. The van der Waals surface area contributed by atoms with Crippen LogP contribution in [0, 0.1) is 0 Å². The Morgan fingerprint density at radius 2 is 1.90 bits per heavy atom. The van der Waals surface area contributed by atoms with Crippen molar-refractivity contribution in [1.29, 1.82) is 0 Å². The Balaban J connectivity index is 1.85. The maximum Gasteiger partial charge on any atom is 0.254 e. The maximum atomic E-state index is 13.3. The summed E-state index contributed by atoms with van der Waals surface area (Å²) < 4.78 is 32.3. The number of rotatable bonds is 7. The molecule has 1 aliphatic heterocycles. The van der Waals surface area contributed by atoms with Crippen LogP contribution in [0.2, 0.25) is 0 Å². The summed E-state index contributed by atoms with van der Waals surface area (Å²) >= 11 is 0. The summed E-state index contributed by atoms with van der Waals surface area (Å²) in [7, 11) is -0.158. The standard InChI is InChI=1S/C21H27N3O4S/c1-23-12-13-24(20(16-23)17-7-4-3-5-8-17)21(25)18-9-6-10-19(15-18)29(26,27)22-11-14-28-2/h3-10,15,20,22H,11-14,16H2,1-2H3. The fourth-order valence-electron chi connectivity index (χ4n) is 3.45. The highest BCUT2D eigenvalue weighted by molar-refractivity contribution is 7.89. The number of amides is 1. The molecule has 0 saturated carbocycles. The lowest BCUT2D eigenvalue weighted by molar-refractivity contribution is 0.0498. The highest BCUT2D eigenvalue weighted by Crippen LogP contribution is 2.27. The first-order valence-electron chi connectivity index (χ1n) is 9.55. The number of hydrogen-bond donors (Lipinski definition) is 1. The van der Waals surface area contributed by atoms with E-state index >= 15 is 0 Å². The number of piperazine rings is 1. The molecule has 1 N–H and O–H groups in total. The van der Waals surface area contributed by atoms with Crippen molar-refractivity contribution in [1.82, 2.24) is 14.5 Å². The Bertz CT molecular complexity index is 934. The van der Waals surface area contributed by atoms with Crippen molar-refractivity contribution in [3.05, 3.63) is 65.7 Å². The van der Waals surface area contributed by atoms with Gasteiger partial charge in [0.15, 0.2) is 0 Å². The van der Waals surface area contributed by atoms with Gasteiger partial charge in [-0.1, -0.05) is 36.4 Å². The van der Waals surface area contributed by atoms with Crippen LogP contribution in [0.3, 0.4) is 0 Å². The lowest BCUT2D eigenvalue weighted by atomic mass is 10.0. The van der Waals surface area contributed by atoms with Crippen LogP contribution >= 0.6 is 0 Å². The minimum Gasteiger partial charge on any atom is -0.383 e. The van der Waals surface area contributed by atoms with Gasteiger partial charge in [-0.25, -0.2) is 13.1 Å². The number of sulfonamides is 1. The van der Waals surface area contributed by atoms with Crippen molar-refractivity contribution in [2.24, 2.45) is 0 Å². The van der Waals surface area contributed by atoms with Gasteiger partial charge in [-0.05, 0) is 30.8 Å². The van der Waals surface area contributed by atoms with Crippen LogP contribution in [-0.2, 0) is 14.8 Å². The van der Waals surface area contributed by atoms with E-state index in [4.69, 9.17) is 4.74 Å². The van der Waals surface area contributed by atoms with Gasteiger partial charge in [0.2, 0.25) is 10.0 Å². The third-order valence-electron chi connectivity index (χ3n) is 5.02. The van der Waals surface area contributed by atoms with Crippen molar-refractivity contribution in [3.8, 4) is 0 Å². The van der Waals surface area contributed by atoms with E-state index in [2.05, 4.69) is 9.62 Å². The molecule has 3 rings (SSSR count). The van der Waals surface area contributed by atoms with Gasteiger partial charge in [0.1, 0.15) is 0 Å². The molecule has 8 heteroatoms. The summed E-state index contributed by atoms with van der Waals surface area (Å²) in [6.07, 6.45) is 0. The zero-order valence-corrected chi connectivity index (χ0v) is 17.6. The summed E-state index contributed by atoms with van der Waals surface area (Å²) in [5, 5.41) is 0.